The summed E-state index contributed by atoms with van der Waals surface area (Å²) >= 11 is 0. The summed E-state index contributed by atoms with van der Waals surface area (Å²) in [5.41, 5.74) is 0.551. The van der Waals surface area contributed by atoms with Crippen molar-refractivity contribution in [3.63, 3.8) is 0 Å². The Morgan fingerprint density at radius 3 is 2.58 bits per heavy atom. The molecule has 1 aromatic carbocycles. The first-order valence-corrected chi connectivity index (χ1v) is 9.67. The largest absolute Gasteiger partial charge is 0.493 e. The van der Waals surface area contributed by atoms with Gasteiger partial charge in [-0.25, -0.2) is 8.42 Å². The molecule has 1 heterocycles. The van der Waals surface area contributed by atoms with Crippen molar-refractivity contribution < 1.29 is 22.7 Å². The van der Waals surface area contributed by atoms with Gasteiger partial charge >= 0.3 is 0 Å². The van der Waals surface area contributed by atoms with Crippen LogP contribution in [0.4, 0.5) is 0 Å². The van der Waals surface area contributed by atoms with Gasteiger partial charge in [-0.3, -0.25) is 4.79 Å². The summed E-state index contributed by atoms with van der Waals surface area (Å²) in [7, 11) is 0.213. The van der Waals surface area contributed by atoms with Crippen LogP contribution in [0.1, 0.15) is 16.8 Å². The van der Waals surface area contributed by atoms with Crippen molar-refractivity contribution in [2.24, 2.45) is 0 Å². The van der Waals surface area contributed by atoms with E-state index >= 15 is 0 Å². The summed E-state index contributed by atoms with van der Waals surface area (Å²) in [5.74, 6) is 1.53. The van der Waals surface area contributed by atoms with Gasteiger partial charge in [-0.15, -0.1) is 0 Å². The van der Waals surface area contributed by atoms with Crippen LogP contribution in [0.3, 0.4) is 0 Å². The number of rotatable bonds is 9. The molecule has 24 heavy (non-hydrogen) atoms. The van der Waals surface area contributed by atoms with E-state index in [9.17, 15) is 13.2 Å². The predicted octanol–water partition coefficient (Wildman–Crippen LogP) is 0.253. The van der Waals surface area contributed by atoms with Crippen LogP contribution in [0.2, 0.25) is 0 Å². The van der Waals surface area contributed by atoms with Crippen LogP contribution < -0.4 is 20.1 Å². The van der Waals surface area contributed by atoms with E-state index in [1.165, 1.54) is 7.11 Å². The second kappa shape index (κ2) is 8.46. The molecule has 0 bridgehead atoms. The molecule has 8 heteroatoms. The molecule has 2 rings (SSSR count). The Bertz CT molecular complexity index is 675. The minimum absolute atomic E-state index is 0.0263. The number of Topliss-reactive ketones (excluding diaryl/α,β-unsaturated/α-hetero) is 1. The minimum atomic E-state index is -2.86. The lowest BCUT2D eigenvalue weighted by atomic mass is 10.1. The second-order valence-electron chi connectivity index (χ2n) is 5.72. The number of hydrogen-bond acceptors (Lipinski definition) is 7. The van der Waals surface area contributed by atoms with Crippen molar-refractivity contribution >= 4 is 15.6 Å². The molecule has 0 amide bonds. The first-order chi connectivity index (χ1) is 11.4. The molecule has 0 spiro atoms. The smallest absolute Gasteiger partial charge is 0.176 e. The fourth-order valence-electron chi connectivity index (χ4n) is 2.63. The van der Waals surface area contributed by atoms with Crippen molar-refractivity contribution in [3.05, 3.63) is 23.8 Å². The van der Waals surface area contributed by atoms with Crippen LogP contribution in [0.5, 0.6) is 11.5 Å². The van der Waals surface area contributed by atoms with Gasteiger partial charge in [0, 0.05) is 24.7 Å². The summed E-state index contributed by atoms with van der Waals surface area (Å²) in [6.45, 7) is 1.43. The molecule has 0 aromatic heterocycles. The first kappa shape index (κ1) is 18.7. The van der Waals surface area contributed by atoms with Gasteiger partial charge in [0.15, 0.2) is 27.1 Å². The Morgan fingerprint density at radius 1 is 1.21 bits per heavy atom. The van der Waals surface area contributed by atoms with Crippen LogP contribution in [-0.2, 0) is 9.84 Å². The SMILES string of the molecule is COc1ccc(C(=O)CNCCN[C@@H]2CCS(=O)(=O)C2)cc1OC. The van der Waals surface area contributed by atoms with Crippen molar-refractivity contribution in [1.29, 1.82) is 0 Å². The van der Waals surface area contributed by atoms with Gasteiger partial charge in [-0.1, -0.05) is 0 Å². The number of sulfone groups is 1. The van der Waals surface area contributed by atoms with E-state index < -0.39 is 9.84 Å². The Kier molecular flexibility index (Phi) is 6.59. The lowest BCUT2D eigenvalue weighted by Gasteiger charge is -2.11. The molecular formula is C16H24N2O5S. The van der Waals surface area contributed by atoms with E-state index in [0.717, 1.165) is 0 Å². The number of benzene rings is 1. The Balaban J connectivity index is 1.72. The zero-order valence-corrected chi connectivity index (χ0v) is 14.8. The van der Waals surface area contributed by atoms with E-state index in [2.05, 4.69) is 10.6 Å². The molecule has 7 nitrogen and oxygen atoms in total. The number of carbonyl (C=O) groups is 1. The van der Waals surface area contributed by atoms with E-state index in [1.807, 2.05) is 0 Å². The molecular weight excluding hydrogens is 332 g/mol. The molecule has 1 atom stereocenters. The summed E-state index contributed by atoms with van der Waals surface area (Å²) in [6, 6.07) is 5.09. The van der Waals surface area contributed by atoms with Gasteiger partial charge < -0.3 is 20.1 Å². The average molecular weight is 356 g/mol. The van der Waals surface area contributed by atoms with Crippen LogP contribution >= 0.6 is 0 Å². The Labute approximate surface area is 142 Å². The number of ether oxygens (including phenoxy) is 2. The molecule has 0 saturated carbocycles. The molecule has 1 aliphatic heterocycles. The lowest BCUT2D eigenvalue weighted by Crippen LogP contribution is -2.37. The summed E-state index contributed by atoms with van der Waals surface area (Å²) < 4.78 is 33.0. The minimum Gasteiger partial charge on any atom is -0.493 e. The molecule has 1 fully saturated rings. The fraction of sp³-hybridized carbons (Fsp3) is 0.562. The van der Waals surface area contributed by atoms with Gasteiger partial charge in [0.25, 0.3) is 0 Å². The average Bonchev–Trinajstić information content (AvgIpc) is 2.92. The Hall–Kier alpha value is -1.64. The van der Waals surface area contributed by atoms with E-state index in [0.29, 0.717) is 36.6 Å². The van der Waals surface area contributed by atoms with Crippen LogP contribution in [0.25, 0.3) is 0 Å². The molecule has 0 unspecified atom stereocenters. The third-order valence-corrected chi connectivity index (χ3v) is 5.73. The van der Waals surface area contributed by atoms with Gasteiger partial charge in [-0.05, 0) is 24.6 Å². The molecule has 2 N–H and O–H groups in total. The maximum Gasteiger partial charge on any atom is 0.176 e. The number of ketones is 1. The maximum absolute atomic E-state index is 12.2. The Morgan fingerprint density at radius 2 is 1.96 bits per heavy atom. The highest BCUT2D eigenvalue weighted by Gasteiger charge is 2.26. The highest BCUT2D eigenvalue weighted by atomic mass is 32.2. The molecule has 1 aliphatic rings. The standard InChI is InChI=1S/C16H24N2O5S/c1-22-15-4-3-12(9-16(15)23-2)14(19)10-17-6-7-18-13-5-8-24(20,21)11-13/h3-4,9,13,17-18H,5-8,10-11H2,1-2H3/t13-/m1/s1. The van der Waals surface area contributed by atoms with Gasteiger partial charge in [0.2, 0.25) is 0 Å². The van der Waals surface area contributed by atoms with Crippen molar-refractivity contribution in [3.8, 4) is 11.5 Å². The quantitative estimate of drug-likeness (QED) is 0.484. The highest BCUT2D eigenvalue weighted by molar-refractivity contribution is 7.91. The lowest BCUT2D eigenvalue weighted by molar-refractivity contribution is 0.0991. The monoisotopic (exact) mass is 356 g/mol. The van der Waals surface area contributed by atoms with Crippen LogP contribution in [0, 0.1) is 0 Å². The third kappa shape index (κ3) is 5.19. The third-order valence-electron chi connectivity index (χ3n) is 3.96. The van der Waals surface area contributed by atoms with Crippen molar-refractivity contribution in [2.45, 2.75) is 12.5 Å². The van der Waals surface area contributed by atoms with E-state index in [-0.39, 0.29) is 29.9 Å². The molecule has 1 saturated heterocycles. The fourth-order valence-corrected chi connectivity index (χ4v) is 4.34. The number of nitrogens with one attached hydrogen (secondary N) is 2. The first-order valence-electron chi connectivity index (χ1n) is 7.85. The number of methoxy groups -OCH3 is 2. The highest BCUT2D eigenvalue weighted by Crippen LogP contribution is 2.27. The zero-order valence-electron chi connectivity index (χ0n) is 14.0. The normalized spacial score (nSPS) is 19.2. The summed E-state index contributed by atoms with van der Waals surface area (Å²) in [4.78, 5) is 12.2. The summed E-state index contributed by atoms with van der Waals surface area (Å²) in [6.07, 6.45) is 0.660. The molecule has 0 radical (unpaired) electrons. The number of carbonyl (C=O) groups excluding carboxylic acids is 1. The van der Waals surface area contributed by atoms with Crippen LogP contribution in [0.15, 0.2) is 18.2 Å². The predicted molar refractivity (Wildman–Crippen MR) is 91.8 cm³/mol. The molecule has 134 valence electrons. The second-order valence-corrected chi connectivity index (χ2v) is 7.95. The number of hydrogen-bond donors (Lipinski definition) is 2. The van der Waals surface area contributed by atoms with E-state index in [1.54, 1.807) is 25.3 Å². The van der Waals surface area contributed by atoms with Crippen molar-refractivity contribution in [2.75, 3.05) is 45.4 Å². The summed E-state index contributed by atoms with van der Waals surface area (Å²) in [5, 5.41) is 6.26. The maximum atomic E-state index is 12.2. The van der Waals surface area contributed by atoms with Crippen molar-refractivity contribution in [1.82, 2.24) is 10.6 Å². The molecule has 1 aromatic rings. The zero-order chi connectivity index (χ0) is 17.6. The van der Waals surface area contributed by atoms with Gasteiger partial charge in [0.05, 0.1) is 32.3 Å². The topological polar surface area (TPSA) is 93.7 Å². The van der Waals surface area contributed by atoms with Gasteiger partial charge in [0.1, 0.15) is 0 Å². The molecule has 0 aliphatic carbocycles. The van der Waals surface area contributed by atoms with E-state index in [4.69, 9.17) is 9.47 Å². The van der Waals surface area contributed by atoms with Crippen LogP contribution in [-0.4, -0.2) is 65.6 Å². The van der Waals surface area contributed by atoms with Gasteiger partial charge in [-0.2, -0.15) is 0 Å².